The lowest BCUT2D eigenvalue weighted by atomic mass is 9.85. The summed E-state index contributed by atoms with van der Waals surface area (Å²) in [6.45, 7) is 3.77. The van der Waals surface area contributed by atoms with Crippen molar-refractivity contribution in [2.24, 2.45) is 15.3 Å². The monoisotopic (exact) mass is 343 g/mol. The minimum atomic E-state index is -0.960. The number of carboxylic acid groups (broad SMARTS) is 1. The molecule has 0 aliphatic heterocycles. The van der Waals surface area contributed by atoms with Crippen molar-refractivity contribution in [2.45, 2.75) is 46.3 Å². The Kier molecular flexibility index (Phi) is 7.62. The van der Waals surface area contributed by atoms with Gasteiger partial charge in [-0.05, 0) is 70.2 Å². The summed E-state index contributed by atoms with van der Waals surface area (Å²) in [5, 5.41) is 19.8. The van der Waals surface area contributed by atoms with Gasteiger partial charge in [-0.25, -0.2) is 0 Å². The topological polar surface area (TPSA) is 184 Å². The Hall–Kier alpha value is -3.38. The van der Waals surface area contributed by atoms with Gasteiger partial charge in [0.15, 0.2) is 0 Å². The first-order valence-electron chi connectivity index (χ1n) is 7.34. The van der Waals surface area contributed by atoms with Crippen molar-refractivity contribution in [1.29, 1.82) is 0 Å². The number of benzene rings is 1. The molecule has 1 aromatic carbocycles. The van der Waals surface area contributed by atoms with Crippen molar-refractivity contribution < 1.29 is 9.90 Å². The van der Waals surface area contributed by atoms with Gasteiger partial charge in [0.1, 0.15) is 0 Å². The Bertz CT molecular complexity index is 767. The number of nitrogens with zero attached hydrogens (tertiary/aromatic N) is 9. The third-order valence-corrected chi connectivity index (χ3v) is 4.00. The molecular formula is C14H17N9O2. The van der Waals surface area contributed by atoms with E-state index in [1.807, 2.05) is 0 Å². The van der Waals surface area contributed by atoms with Gasteiger partial charge in [-0.1, -0.05) is 15.3 Å². The van der Waals surface area contributed by atoms with Gasteiger partial charge >= 0.3 is 5.97 Å². The fourth-order valence-electron chi connectivity index (χ4n) is 2.79. The molecule has 0 amide bonds. The number of aliphatic carboxylic acids is 1. The molecule has 0 aromatic heterocycles. The van der Waals surface area contributed by atoms with Crippen LogP contribution in [0.2, 0.25) is 0 Å². The highest BCUT2D eigenvalue weighted by atomic mass is 16.4. The third-order valence-electron chi connectivity index (χ3n) is 4.00. The fourth-order valence-corrected chi connectivity index (χ4v) is 2.79. The Morgan fingerprint density at radius 2 is 1.24 bits per heavy atom. The molecule has 0 fully saturated rings. The van der Waals surface area contributed by atoms with E-state index in [4.69, 9.17) is 21.7 Å². The number of carboxylic acids is 1. The largest absolute Gasteiger partial charge is 0.481 e. The van der Waals surface area contributed by atoms with Crippen molar-refractivity contribution in [3.63, 3.8) is 0 Å². The predicted molar refractivity (Wildman–Crippen MR) is 90.4 cm³/mol. The highest BCUT2D eigenvalue weighted by Gasteiger charge is 2.19. The lowest BCUT2D eigenvalue weighted by Crippen LogP contribution is -2.11. The van der Waals surface area contributed by atoms with E-state index in [9.17, 15) is 4.79 Å². The van der Waals surface area contributed by atoms with Gasteiger partial charge in [0.25, 0.3) is 0 Å². The van der Waals surface area contributed by atoms with Crippen LogP contribution in [0.25, 0.3) is 31.3 Å². The van der Waals surface area contributed by atoms with Gasteiger partial charge in [0, 0.05) is 21.2 Å². The molecule has 1 aromatic rings. The molecule has 0 saturated heterocycles. The smallest absolute Gasteiger partial charge is 0.303 e. The maximum atomic E-state index is 11.0. The summed E-state index contributed by atoms with van der Waals surface area (Å²) in [5.41, 5.74) is 30.2. The minimum absolute atomic E-state index is 0.0318. The van der Waals surface area contributed by atoms with Crippen molar-refractivity contribution >= 4 is 5.97 Å². The first kappa shape index (κ1) is 19.7. The molecule has 0 aliphatic carbocycles. The van der Waals surface area contributed by atoms with Gasteiger partial charge in [0.05, 0.1) is 19.6 Å². The highest BCUT2D eigenvalue weighted by Crippen LogP contribution is 2.31. The van der Waals surface area contributed by atoms with E-state index in [1.165, 1.54) is 0 Å². The summed E-state index contributed by atoms with van der Waals surface area (Å²) in [6.07, 6.45) is 0.104. The maximum absolute atomic E-state index is 11.0. The second-order valence-electron chi connectivity index (χ2n) is 5.22. The van der Waals surface area contributed by atoms with Crippen molar-refractivity contribution in [2.75, 3.05) is 0 Å². The Labute approximate surface area is 143 Å². The van der Waals surface area contributed by atoms with Crippen molar-refractivity contribution in [3.05, 3.63) is 64.7 Å². The van der Waals surface area contributed by atoms with Gasteiger partial charge in [-0.3, -0.25) is 4.79 Å². The lowest BCUT2D eigenvalue weighted by Gasteiger charge is -2.22. The average molecular weight is 343 g/mol. The van der Waals surface area contributed by atoms with Crippen LogP contribution < -0.4 is 0 Å². The van der Waals surface area contributed by atoms with Crippen LogP contribution in [0.3, 0.4) is 0 Å². The van der Waals surface area contributed by atoms with Crippen LogP contribution in [0.1, 0.15) is 39.8 Å². The first-order valence-corrected chi connectivity index (χ1v) is 7.34. The van der Waals surface area contributed by atoms with E-state index in [2.05, 4.69) is 30.1 Å². The van der Waals surface area contributed by atoms with E-state index in [1.54, 1.807) is 13.8 Å². The third kappa shape index (κ3) is 5.05. The summed E-state index contributed by atoms with van der Waals surface area (Å²) in [5.74, 6) is -0.960. The summed E-state index contributed by atoms with van der Waals surface area (Å²) in [6, 6.07) is 0. The predicted octanol–water partition coefficient (Wildman–Crippen LogP) is 4.75. The molecule has 0 unspecified atom stereocenters. The molecule has 0 heterocycles. The molecule has 25 heavy (non-hydrogen) atoms. The molecule has 0 aliphatic rings. The zero-order valence-corrected chi connectivity index (χ0v) is 13.9. The molecule has 11 heteroatoms. The quantitative estimate of drug-likeness (QED) is 0.385. The number of azide groups is 3. The number of rotatable bonds is 9. The standard InChI is InChI=1S/C14H17N9O2/c1-8-11(5-18-21-15)9(2)13(7-20-23-17)10(3-4-14(24)25)12(8)6-19-22-16/h3-7H2,1-2H3,(H,24,25). The van der Waals surface area contributed by atoms with E-state index in [0.29, 0.717) is 16.7 Å². The second kappa shape index (κ2) is 9.69. The van der Waals surface area contributed by atoms with E-state index < -0.39 is 5.97 Å². The molecule has 0 spiro atoms. The minimum Gasteiger partial charge on any atom is -0.481 e. The van der Waals surface area contributed by atoms with Crippen LogP contribution in [0, 0.1) is 13.8 Å². The zero-order valence-electron chi connectivity index (χ0n) is 13.9. The SMILES string of the molecule is Cc1c(CN=[N+]=[N-])c(C)c(CN=[N+]=[N-])c(CCC(=O)O)c1CN=[N+]=[N-]. The molecule has 11 nitrogen and oxygen atoms in total. The molecule has 0 radical (unpaired) electrons. The number of hydrogen-bond donors (Lipinski definition) is 1. The summed E-state index contributed by atoms with van der Waals surface area (Å²) < 4.78 is 0. The number of hydrogen-bond acceptors (Lipinski definition) is 4. The molecule has 0 saturated carbocycles. The number of carbonyl (C=O) groups is 1. The van der Waals surface area contributed by atoms with Crippen molar-refractivity contribution in [1.82, 2.24) is 0 Å². The molecule has 130 valence electrons. The second-order valence-corrected chi connectivity index (χ2v) is 5.22. The van der Waals surface area contributed by atoms with E-state index >= 15 is 0 Å². The van der Waals surface area contributed by atoms with Crippen molar-refractivity contribution in [3.8, 4) is 0 Å². The van der Waals surface area contributed by atoms with Crippen LogP contribution in [0.5, 0.6) is 0 Å². The lowest BCUT2D eigenvalue weighted by molar-refractivity contribution is -0.136. The molecule has 0 bridgehead atoms. The van der Waals surface area contributed by atoms with Gasteiger partial charge in [-0.2, -0.15) is 0 Å². The fraction of sp³-hybridized carbons (Fsp3) is 0.500. The van der Waals surface area contributed by atoms with Crippen LogP contribution in [-0.4, -0.2) is 11.1 Å². The Morgan fingerprint density at radius 1 is 0.840 bits per heavy atom. The van der Waals surface area contributed by atoms with E-state index in [0.717, 1.165) is 16.7 Å². The Morgan fingerprint density at radius 3 is 1.60 bits per heavy atom. The van der Waals surface area contributed by atoms with Gasteiger partial charge < -0.3 is 5.11 Å². The average Bonchev–Trinajstić information content (AvgIpc) is 2.58. The molecular weight excluding hydrogens is 326 g/mol. The normalized spacial score (nSPS) is 9.52. The summed E-state index contributed by atoms with van der Waals surface area (Å²) >= 11 is 0. The maximum Gasteiger partial charge on any atom is 0.303 e. The molecule has 1 N–H and O–H groups in total. The van der Waals surface area contributed by atoms with Crippen LogP contribution in [0.4, 0.5) is 0 Å². The zero-order chi connectivity index (χ0) is 18.8. The van der Waals surface area contributed by atoms with E-state index in [-0.39, 0.29) is 32.5 Å². The van der Waals surface area contributed by atoms with Crippen LogP contribution in [-0.2, 0) is 30.8 Å². The van der Waals surface area contributed by atoms with Gasteiger partial charge in [0.2, 0.25) is 0 Å². The summed E-state index contributed by atoms with van der Waals surface area (Å²) in [4.78, 5) is 19.3. The molecule has 0 atom stereocenters. The van der Waals surface area contributed by atoms with Crippen LogP contribution >= 0.6 is 0 Å². The molecule has 1 rings (SSSR count). The highest BCUT2D eigenvalue weighted by molar-refractivity contribution is 5.67. The van der Waals surface area contributed by atoms with Crippen LogP contribution in [0.15, 0.2) is 15.3 Å². The first-order chi connectivity index (χ1) is 12.0. The summed E-state index contributed by atoms with van der Waals surface area (Å²) in [7, 11) is 0. The Balaban J connectivity index is 3.70. The van der Waals surface area contributed by atoms with Gasteiger partial charge in [-0.15, -0.1) is 0 Å².